The number of hydrogen-bond acceptors (Lipinski definition) is 3. The molecule has 1 aromatic heterocycles. The van der Waals surface area contributed by atoms with E-state index in [4.69, 9.17) is 0 Å². The summed E-state index contributed by atoms with van der Waals surface area (Å²) in [6.45, 7) is 3.64. The van der Waals surface area contributed by atoms with Crippen LogP contribution in [0.1, 0.15) is 24.1 Å². The molecule has 20 heavy (non-hydrogen) atoms. The number of hydrogen-bond donors (Lipinski definition) is 1. The Balaban J connectivity index is 2.24. The third kappa shape index (κ3) is 3.20. The van der Waals surface area contributed by atoms with Gasteiger partial charge in [-0.05, 0) is 31.5 Å². The lowest BCUT2D eigenvalue weighted by Crippen LogP contribution is -2.28. The van der Waals surface area contributed by atoms with Crippen molar-refractivity contribution in [1.29, 1.82) is 0 Å². The molecule has 0 aliphatic rings. The van der Waals surface area contributed by atoms with E-state index in [0.717, 1.165) is 17.2 Å². The molecule has 0 aliphatic heterocycles. The average molecular weight is 294 g/mol. The van der Waals surface area contributed by atoms with Gasteiger partial charge in [0.2, 0.25) is 5.03 Å². The summed E-state index contributed by atoms with van der Waals surface area (Å²) in [4.78, 5) is 3.59. The molecule has 6 heteroatoms. The van der Waals surface area contributed by atoms with Crippen molar-refractivity contribution in [2.75, 3.05) is 0 Å². The van der Waals surface area contributed by atoms with E-state index in [1.165, 1.54) is 12.3 Å². The number of benzene rings is 1. The van der Waals surface area contributed by atoms with Crippen LogP contribution in [-0.2, 0) is 10.0 Å². The number of aryl methyl sites for hydroxylation is 1. The maximum atomic E-state index is 13.5. The summed E-state index contributed by atoms with van der Waals surface area (Å²) in [5.74, 6) is -0.865. The van der Waals surface area contributed by atoms with Crippen LogP contribution in [0, 0.1) is 12.7 Å². The molecule has 1 N–H and O–H groups in total. The lowest BCUT2D eigenvalue weighted by molar-refractivity contribution is 0.536. The van der Waals surface area contributed by atoms with Gasteiger partial charge in [-0.2, -0.15) is 0 Å². The maximum Gasteiger partial charge on any atom is 0.261 e. The van der Waals surface area contributed by atoms with E-state index >= 15 is 0 Å². The van der Waals surface area contributed by atoms with E-state index in [0.29, 0.717) is 0 Å². The van der Waals surface area contributed by atoms with Crippen molar-refractivity contribution < 1.29 is 12.8 Å². The van der Waals surface area contributed by atoms with Crippen molar-refractivity contribution in [1.82, 2.24) is 9.71 Å². The third-order valence-electron chi connectivity index (χ3n) is 2.89. The van der Waals surface area contributed by atoms with E-state index in [1.54, 1.807) is 6.92 Å². The van der Waals surface area contributed by atoms with Gasteiger partial charge in [0, 0.05) is 12.2 Å². The molecule has 0 amide bonds. The molecule has 0 spiro atoms. The van der Waals surface area contributed by atoms with Crippen LogP contribution in [0.2, 0.25) is 0 Å². The summed E-state index contributed by atoms with van der Waals surface area (Å²) >= 11 is 0. The van der Waals surface area contributed by atoms with Crippen LogP contribution in [0.4, 0.5) is 4.39 Å². The molecule has 0 saturated carbocycles. The Morgan fingerprint density at radius 1 is 1.20 bits per heavy atom. The van der Waals surface area contributed by atoms with Gasteiger partial charge in [0.1, 0.15) is 0 Å². The summed E-state index contributed by atoms with van der Waals surface area (Å²) < 4.78 is 40.1. The molecule has 0 radical (unpaired) electrons. The predicted octanol–water partition coefficient (Wildman–Crippen LogP) is 2.57. The van der Waals surface area contributed by atoms with E-state index in [-0.39, 0.29) is 0 Å². The third-order valence-corrected chi connectivity index (χ3v) is 4.36. The monoisotopic (exact) mass is 294 g/mol. The minimum atomic E-state index is -3.98. The highest BCUT2D eigenvalue weighted by atomic mass is 32.2. The number of aromatic nitrogens is 1. The smallest absolute Gasteiger partial charge is 0.241 e. The first-order chi connectivity index (χ1) is 9.40. The molecule has 0 fully saturated rings. The lowest BCUT2D eigenvalue weighted by atomic mass is 10.1. The molecular formula is C14H15FN2O2S. The minimum absolute atomic E-state index is 0.470. The second-order valence-corrected chi connectivity index (χ2v) is 6.17. The van der Waals surface area contributed by atoms with Crippen LogP contribution in [-0.4, -0.2) is 13.4 Å². The molecule has 4 nitrogen and oxygen atoms in total. The standard InChI is InChI=1S/C14H15FN2O2S/c1-10-5-7-12(8-6-10)11(2)17-20(18,19)14-13(15)4-3-9-16-14/h3-9,11,17H,1-2H3. The van der Waals surface area contributed by atoms with Gasteiger partial charge in [-0.25, -0.2) is 22.5 Å². The van der Waals surface area contributed by atoms with Crippen molar-refractivity contribution in [3.8, 4) is 0 Å². The van der Waals surface area contributed by atoms with Crippen molar-refractivity contribution in [2.45, 2.75) is 24.9 Å². The Morgan fingerprint density at radius 3 is 2.45 bits per heavy atom. The summed E-state index contributed by atoms with van der Waals surface area (Å²) in [5.41, 5.74) is 1.88. The van der Waals surface area contributed by atoms with Crippen LogP contribution >= 0.6 is 0 Å². The molecular weight excluding hydrogens is 279 g/mol. The summed E-state index contributed by atoms with van der Waals surface area (Å²) in [6.07, 6.45) is 1.24. The van der Waals surface area contributed by atoms with E-state index in [9.17, 15) is 12.8 Å². The van der Waals surface area contributed by atoms with Crippen molar-refractivity contribution in [3.63, 3.8) is 0 Å². The number of sulfonamides is 1. The molecule has 0 aliphatic carbocycles. The number of pyridine rings is 1. The predicted molar refractivity (Wildman–Crippen MR) is 74.1 cm³/mol. The molecule has 1 atom stereocenters. The van der Waals surface area contributed by atoms with Gasteiger partial charge in [0.25, 0.3) is 10.0 Å². The molecule has 2 aromatic rings. The average Bonchev–Trinajstić information content (AvgIpc) is 2.39. The van der Waals surface area contributed by atoms with Crippen LogP contribution in [0.3, 0.4) is 0 Å². The first-order valence-corrected chi connectivity index (χ1v) is 7.58. The van der Waals surface area contributed by atoms with Gasteiger partial charge >= 0.3 is 0 Å². The van der Waals surface area contributed by atoms with E-state index in [1.807, 2.05) is 31.2 Å². The van der Waals surface area contributed by atoms with Gasteiger partial charge in [0.15, 0.2) is 5.82 Å². The highest BCUT2D eigenvalue weighted by Crippen LogP contribution is 2.17. The van der Waals surface area contributed by atoms with Gasteiger partial charge in [-0.3, -0.25) is 0 Å². The Kier molecular flexibility index (Phi) is 4.15. The first-order valence-electron chi connectivity index (χ1n) is 6.09. The number of rotatable bonds is 4. The highest BCUT2D eigenvalue weighted by Gasteiger charge is 2.23. The second-order valence-electron chi connectivity index (χ2n) is 4.54. The molecule has 106 valence electrons. The SMILES string of the molecule is Cc1ccc(C(C)NS(=O)(=O)c2ncccc2F)cc1. The molecule has 1 unspecified atom stereocenters. The quantitative estimate of drug-likeness (QED) is 0.943. The van der Waals surface area contributed by atoms with Gasteiger partial charge in [-0.1, -0.05) is 29.8 Å². The summed E-state index contributed by atoms with van der Waals surface area (Å²) in [5, 5.41) is -0.584. The normalized spacial score (nSPS) is 13.2. The zero-order chi connectivity index (χ0) is 14.8. The van der Waals surface area contributed by atoms with Crippen molar-refractivity contribution >= 4 is 10.0 Å². The van der Waals surface area contributed by atoms with Crippen LogP contribution in [0.5, 0.6) is 0 Å². The summed E-state index contributed by atoms with van der Waals surface area (Å²) in [6, 6.07) is 9.38. The van der Waals surface area contributed by atoms with Crippen molar-refractivity contribution in [3.05, 3.63) is 59.5 Å². The topological polar surface area (TPSA) is 59.1 Å². The fraction of sp³-hybridized carbons (Fsp3) is 0.214. The molecule has 1 aromatic carbocycles. The Bertz CT molecular complexity index is 699. The molecule has 0 saturated heterocycles. The van der Waals surface area contributed by atoms with Gasteiger partial charge in [-0.15, -0.1) is 0 Å². The second kappa shape index (κ2) is 5.68. The number of nitrogens with one attached hydrogen (secondary N) is 1. The number of nitrogens with zero attached hydrogens (tertiary/aromatic N) is 1. The zero-order valence-electron chi connectivity index (χ0n) is 11.2. The fourth-order valence-corrected chi connectivity index (χ4v) is 3.02. The Labute approximate surface area is 117 Å². The van der Waals surface area contributed by atoms with Crippen LogP contribution in [0.15, 0.2) is 47.6 Å². The molecule has 2 rings (SSSR count). The van der Waals surface area contributed by atoms with E-state index in [2.05, 4.69) is 9.71 Å². The Hall–Kier alpha value is -1.79. The fourth-order valence-electron chi connectivity index (χ4n) is 1.78. The van der Waals surface area contributed by atoms with Crippen LogP contribution in [0.25, 0.3) is 0 Å². The lowest BCUT2D eigenvalue weighted by Gasteiger charge is -2.14. The first kappa shape index (κ1) is 14.6. The van der Waals surface area contributed by atoms with Gasteiger partial charge in [0.05, 0.1) is 0 Å². The van der Waals surface area contributed by atoms with Gasteiger partial charge < -0.3 is 0 Å². The van der Waals surface area contributed by atoms with E-state index < -0.39 is 26.9 Å². The summed E-state index contributed by atoms with van der Waals surface area (Å²) in [7, 11) is -3.98. The zero-order valence-corrected chi connectivity index (χ0v) is 12.0. The maximum absolute atomic E-state index is 13.5. The molecule has 1 heterocycles. The van der Waals surface area contributed by atoms with Crippen LogP contribution < -0.4 is 4.72 Å². The Morgan fingerprint density at radius 2 is 1.85 bits per heavy atom. The number of halogens is 1. The minimum Gasteiger partial charge on any atom is -0.241 e. The molecule has 0 bridgehead atoms. The largest absolute Gasteiger partial charge is 0.261 e. The van der Waals surface area contributed by atoms with Crippen molar-refractivity contribution in [2.24, 2.45) is 0 Å². The highest BCUT2D eigenvalue weighted by molar-refractivity contribution is 7.89.